The van der Waals surface area contributed by atoms with Gasteiger partial charge in [0.25, 0.3) is 10.0 Å². The Hall–Kier alpha value is -2.63. The molecule has 3 rings (SSSR count). The van der Waals surface area contributed by atoms with Crippen LogP contribution in [0.4, 0.5) is 5.82 Å². The van der Waals surface area contributed by atoms with Gasteiger partial charge in [-0.05, 0) is 40.6 Å². The molecule has 0 unspecified atom stereocenters. The lowest BCUT2D eigenvalue weighted by atomic mass is 10.2. The summed E-state index contributed by atoms with van der Waals surface area (Å²) in [6.07, 6.45) is 1.54. The Balaban J connectivity index is 1.87. The molecule has 0 radical (unpaired) electrons. The highest BCUT2D eigenvalue weighted by molar-refractivity contribution is 7.92. The molecular weight excluding hydrogens is 332 g/mol. The zero-order valence-electron chi connectivity index (χ0n) is 11.9. The third-order valence-electron chi connectivity index (χ3n) is 3.14. The SMILES string of the molecule is N#Cc1cccc(S(=O)(=O)Nc2ccnn2Cc2ccsc2)c1. The summed E-state index contributed by atoms with van der Waals surface area (Å²) >= 11 is 1.57. The number of anilines is 1. The van der Waals surface area contributed by atoms with Crippen LogP contribution < -0.4 is 4.72 Å². The molecule has 0 saturated carbocycles. The van der Waals surface area contributed by atoms with Gasteiger partial charge in [0.2, 0.25) is 0 Å². The molecule has 0 fully saturated rings. The van der Waals surface area contributed by atoms with Gasteiger partial charge in [0.1, 0.15) is 5.82 Å². The van der Waals surface area contributed by atoms with Gasteiger partial charge in [0.15, 0.2) is 0 Å². The van der Waals surface area contributed by atoms with Crippen LogP contribution in [0.5, 0.6) is 0 Å². The first kappa shape index (κ1) is 15.3. The molecule has 0 amide bonds. The van der Waals surface area contributed by atoms with E-state index in [0.29, 0.717) is 17.9 Å². The molecule has 0 spiro atoms. The predicted octanol–water partition coefficient (Wildman–Crippen LogP) is 2.67. The summed E-state index contributed by atoms with van der Waals surface area (Å²) in [7, 11) is -3.78. The molecule has 116 valence electrons. The maximum atomic E-state index is 12.5. The van der Waals surface area contributed by atoms with Crippen molar-refractivity contribution < 1.29 is 8.42 Å². The second kappa shape index (κ2) is 6.24. The van der Waals surface area contributed by atoms with Crippen LogP contribution in [0.2, 0.25) is 0 Å². The second-order valence-electron chi connectivity index (χ2n) is 4.75. The summed E-state index contributed by atoms with van der Waals surface area (Å²) in [6.45, 7) is 0.479. The van der Waals surface area contributed by atoms with Crippen molar-refractivity contribution in [1.29, 1.82) is 5.26 Å². The van der Waals surface area contributed by atoms with Gasteiger partial charge < -0.3 is 0 Å². The number of rotatable bonds is 5. The summed E-state index contributed by atoms with van der Waals surface area (Å²) in [4.78, 5) is 0.0415. The Morgan fingerprint density at radius 1 is 1.30 bits per heavy atom. The number of nitriles is 1. The summed E-state index contributed by atoms with van der Waals surface area (Å²) in [6, 6.07) is 11.4. The number of hydrogen-bond acceptors (Lipinski definition) is 5. The Labute approximate surface area is 137 Å². The lowest BCUT2D eigenvalue weighted by Crippen LogP contribution is -2.16. The highest BCUT2D eigenvalue weighted by Crippen LogP contribution is 2.18. The molecule has 1 aromatic carbocycles. The largest absolute Gasteiger partial charge is 0.264 e. The standard InChI is InChI=1S/C15H12N4O2S2/c16-9-12-2-1-3-14(8-12)23(20,21)18-15-4-6-17-19(15)10-13-5-7-22-11-13/h1-8,11,18H,10H2. The van der Waals surface area contributed by atoms with E-state index in [4.69, 9.17) is 5.26 Å². The number of hydrogen-bond donors (Lipinski definition) is 1. The van der Waals surface area contributed by atoms with Crippen LogP contribution in [0.3, 0.4) is 0 Å². The van der Waals surface area contributed by atoms with Crippen molar-refractivity contribution in [2.45, 2.75) is 11.4 Å². The smallest absolute Gasteiger partial charge is 0.263 e. The van der Waals surface area contributed by atoms with E-state index >= 15 is 0 Å². The normalized spacial score (nSPS) is 11.1. The van der Waals surface area contributed by atoms with Crippen molar-refractivity contribution in [3.8, 4) is 6.07 Å². The first-order chi connectivity index (χ1) is 11.1. The Bertz CT molecular complexity index is 954. The fourth-order valence-electron chi connectivity index (χ4n) is 2.03. The Morgan fingerprint density at radius 2 is 2.17 bits per heavy atom. The van der Waals surface area contributed by atoms with E-state index in [1.165, 1.54) is 24.4 Å². The number of nitrogens with zero attached hydrogens (tertiary/aromatic N) is 3. The number of nitrogens with one attached hydrogen (secondary N) is 1. The van der Waals surface area contributed by atoms with Crippen LogP contribution in [0, 0.1) is 11.3 Å². The van der Waals surface area contributed by atoms with E-state index in [0.717, 1.165) is 5.56 Å². The molecular formula is C15H12N4O2S2. The third kappa shape index (κ3) is 3.41. The molecule has 0 atom stereocenters. The molecule has 8 heteroatoms. The fourth-order valence-corrected chi connectivity index (χ4v) is 3.80. The summed E-state index contributed by atoms with van der Waals surface area (Å²) in [5.41, 5.74) is 1.34. The molecule has 2 aromatic heterocycles. The van der Waals surface area contributed by atoms with Gasteiger partial charge in [-0.15, -0.1) is 0 Å². The average Bonchev–Trinajstić information content (AvgIpc) is 3.20. The number of benzene rings is 1. The molecule has 0 bridgehead atoms. The summed E-state index contributed by atoms with van der Waals surface area (Å²) < 4.78 is 29.0. The van der Waals surface area contributed by atoms with Gasteiger partial charge in [-0.2, -0.15) is 21.7 Å². The molecule has 2 heterocycles. The molecule has 0 aliphatic rings. The van der Waals surface area contributed by atoms with E-state index < -0.39 is 10.0 Å². The monoisotopic (exact) mass is 344 g/mol. The maximum absolute atomic E-state index is 12.5. The van der Waals surface area contributed by atoms with Crippen LogP contribution in [0.25, 0.3) is 0 Å². The first-order valence-electron chi connectivity index (χ1n) is 6.64. The van der Waals surface area contributed by atoms with Gasteiger partial charge in [-0.25, -0.2) is 13.1 Å². The van der Waals surface area contributed by atoms with Crippen LogP contribution in [0.1, 0.15) is 11.1 Å². The van der Waals surface area contributed by atoms with E-state index in [1.54, 1.807) is 28.2 Å². The van der Waals surface area contributed by atoms with Gasteiger partial charge >= 0.3 is 0 Å². The van der Waals surface area contributed by atoms with Gasteiger partial charge in [-0.1, -0.05) is 6.07 Å². The Kier molecular flexibility index (Phi) is 4.14. The van der Waals surface area contributed by atoms with Crippen molar-refractivity contribution in [3.63, 3.8) is 0 Å². The topological polar surface area (TPSA) is 87.8 Å². The fraction of sp³-hybridized carbons (Fsp3) is 0.0667. The number of thiophene rings is 1. The molecule has 0 saturated heterocycles. The molecule has 0 aliphatic heterocycles. The third-order valence-corrected chi connectivity index (χ3v) is 5.23. The second-order valence-corrected chi connectivity index (χ2v) is 7.21. The zero-order chi connectivity index (χ0) is 16.3. The highest BCUT2D eigenvalue weighted by Gasteiger charge is 2.17. The van der Waals surface area contributed by atoms with E-state index in [1.807, 2.05) is 22.9 Å². The van der Waals surface area contributed by atoms with Crippen molar-refractivity contribution in [2.24, 2.45) is 0 Å². The number of aromatic nitrogens is 2. The molecule has 0 aliphatic carbocycles. The van der Waals surface area contributed by atoms with Crippen molar-refractivity contribution in [3.05, 3.63) is 64.5 Å². The minimum Gasteiger partial charge on any atom is -0.264 e. The van der Waals surface area contributed by atoms with Gasteiger partial charge in [0.05, 0.1) is 29.3 Å². The summed E-state index contributed by atoms with van der Waals surface area (Å²) in [5.74, 6) is 0.374. The molecule has 6 nitrogen and oxygen atoms in total. The van der Waals surface area contributed by atoms with E-state index in [9.17, 15) is 8.42 Å². The van der Waals surface area contributed by atoms with Crippen LogP contribution in [-0.2, 0) is 16.6 Å². The lowest BCUT2D eigenvalue weighted by molar-refractivity contribution is 0.599. The van der Waals surface area contributed by atoms with E-state index in [2.05, 4.69) is 9.82 Å². The highest BCUT2D eigenvalue weighted by atomic mass is 32.2. The minimum atomic E-state index is -3.78. The maximum Gasteiger partial charge on any atom is 0.263 e. The van der Waals surface area contributed by atoms with Crippen LogP contribution in [-0.4, -0.2) is 18.2 Å². The molecule has 3 aromatic rings. The minimum absolute atomic E-state index is 0.0415. The molecule has 23 heavy (non-hydrogen) atoms. The van der Waals surface area contributed by atoms with Crippen LogP contribution >= 0.6 is 11.3 Å². The van der Waals surface area contributed by atoms with E-state index in [-0.39, 0.29) is 4.90 Å². The van der Waals surface area contributed by atoms with Gasteiger partial charge in [-0.3, -0.25) is 4.72 Å². The molecule has 1 N–H and O–H groups in total. The lowest BCUT2D eigenvalue weighted by Gasteiger charge is -2.10. The van der Waals surface area contributed by atoms with Crippen molar-refractivity contribution in [1.82, 2.24) is 9.78 Å². The van der Waals surface area contributed by atoms with Gasteiger partial charge in [0, 0.05) is 6.07 Å². The zero-order valence-corrected chi connectivity index (χ0v) is 13.5. The first-order valence-corrected chi connectivity index (χ1v) is 9.07. The quantitative estimate of drug-likeness (QED) is 0.771. The number of sulfonamides is 1. The Morgan fingerprint density at radius 3 is 2.91 bits per heavy atom. The van der Waals surface area contributed by atoms with Crippen molar-refractivity contribution >= 4 is 27.2 Å². The predicted molar refractivity (Wildman–Crippen MR) is 87.6 cm³/mol. The summed E-state index contributed by atoms with van der Waals surface area (Å²) in [5, 5.41) is 17.0. The van der Waals surface area contributed by atoms with Crippen LogP contribution in [0.15, 0.2) is 58.3 Å². The van der Waals surface area contributed by atoms with Crippen molar-refractivity contribution in [2.75, 3.05) is 4.72 Å². The average molecular weight is 344 g/mol.